The molecule has 7 nitrogen and oxygen atoms in total. The summed E-state index contributed by atoms with van der Waals surface area (Å²) < 4.78 is 44.2. The Balaban J connectivity index is 1.27. The van der Waals surface area contributed by atoms with Crippen molar-refractivity contribution < 1.29 is 22.5 Å². The number of hydrazine groups is 1. The van der Waals surface area contributed by atoms with Gasteiger partial charge in [-0.15, -0.1) is 0 Å². The van der Waals surface area contributed by atoms with Gasteiger partial charge in [0.05, 0.1) is 11.6 Å². The Bertz CT molecular complexity index is 1220. The van der Waals surface area contributed by atoms with Crippen LogP contribution in [0.3, 0.4) is 0 Å². The van der Waals surface area contributed by atoms with Gasteiger partial charge in [-0.2, -0.15) is 18.2 Å². The second-order valence-electron chi connectivity index (χ2n) is 8.29. The summed E-state index contributed by atoms with van der Waals surface area (Å²) in [5.41, 5.74) is 5.12. The van der Waals surface area contributed by atoms with E-state index >= 15 is 0 Å². The van der Waals surface area contributed by atoms with Gasteiger partial charge in [0.15, 0.2) is 0 Å². The van der Waals surface area contributed by atoms with Gasteiger partial charge in [-0.25, -0.2) is 5.43 Å². The summed E-state index contributed by atoms with van der Waals surface area (Å²) >= 11 is 0. The van der Waals surface area contributed by atoms with E-state index in [2.05, 4.69) is 46.8 Å². The number of aromatic nitrogens is 2. The lowest BCUT2D eigenvalue weighted by molar-refractivity contribution is -0.137. The number of aryl methyl sites for hydroxylation is 1. The number of nitrogens with zero attached hydrogens (tertiary/aromatic N) is 4. The number of halogens is 3. The van der Waals surface area contributed by atoms with Crippen LogP contribution in [-0.2, 0) is 23.9 Å². The number of rotatable bonds is 5. The van der Waals surface area contributed by atoms with Crippen LogP contribution in [0.15, 0.2) is 65.5 Å². The van der Waals surface area contributed by atoms with Gasteiger partial charge in [0.1, 0.15) is 12.6 Å². The Kier molecular flexibility index (Phi) is 5.60. The molecule has 3 aromatic rings. The minimum atomic E-state index is -4.47. The third kappa shape index (κ3) is 4.28. The Morgan fingerprint density at radius 2 is 1.94 bits per heavy atom. The summed E-state index contributed by atoms with van der Waals surface area (Å²) in [6.07, 6.45) is 0.517. The lowest BCUT2D eigenvalue weighted by Gasteiger charge is -2.30. The first-order valence-electron chi connectivity index (χ1n) is 10.9. The molecule has 1 amide bonds. The molecule has 10 heteroatoms. The average molecular weight is 469 g/mol. The molecular weight excluding hydrogens is 447 g/mol. The van der Waals surface area contributed by atoms with E-state index in [1.807, 2.05) is 0 Å². The summed E-state index contributed by atoms with van der Waals surface area (Å²) in [6, 6.07) is 12.7. The van der Waals surface area contributed by atoms with Crippen molar-refractivity contribution in [1.82, 2.24) is 25.5 Å². The van der Waals surface area contributed by atoms with Crippen molar-refractivity contribution in [2.75, 3.05) is 0 Å². The highest BCUT2D eigenvalue weighted by Crippen LogP contribution is 2.33. The van der Waals surface area contributed by atoms with Gasteiger partial charge >= 0.3 is 6.18 Å². The van der Waals surface area contributed by atoms with Gasteiger partial charge in [-0.05, 0) is 36.1 Å². The van der Waals surface area contributed by atoms with Crippen molar-refractivity contribution in [1.29, 1.82) is 0 Å². The van der Waals surface area contributed by atoms with Crippen LogP contribution in [0.4, 0.5) is 13.2 Å². The smallest absolute Gasteiger partial charge is 0.337 e. The largest absolute Gasteiger partial charge is 0.416 e. The predicted molar refractivity (Wildman–Crippen MR) is 116 cm³/mol. The second kappa shape index (κ2) is 8.60. The second-order valence-corrected chi connectivity index (χ2v) is 8.29. The number of hydrogen-bond acceptors (Lipinski definition) is 6. The van der Waals surface area contributed by atoms with Crippen molar-refractivity contribution in [2.24, 2.45) is 0 Å². The Morgan fingerprint density at radius 3 is 2.68 bits per heavy atom. The van der Waals surface area contributed by atoms with E-state index in [9.17, 15) is 18.0 Å². The molecule has 2 aliphatic heterocycles. The van der Waals surface area contributed by atoms with Gasteiger partial charge < -0.3 is 14.4 Å². The third-order valence-corrected chi connectivity index (χ3v) is 6.09. The molecule has 0 spiro atoms. The molecule has 2 aromatic carbocycles. The van der Waals surface area contributed by atoms with E-state index in [4.69, 9.17) is 4.52 Å². The Labute approximate surface area is 193 Å². The minimum Gasteiger partial charge on any atom is -0.337 e. The fourth-order valence-corrected chi connectivity index (χ4v) is 4.19. The number of carbonyl (C=O) groups excluding carboxylic acids is 1. The van der Waals surface area contributed by atoms with E-state index < -0.39 is 11.7 Å². The van der Waals surface area contributed by atoms with Crippen LogP contribution < -0.4 is 5.43 Å². The highest BCUT2D eigenvalue weighted by Gasteiger charge is 2.40. The third-order valence-electron chi connectivity index (χ3n) is 6.09. The fourth-order valence-electron chi connectivity index (χ4n) is 4.19. The number of carbonyl (C=O) groups is 1. The Hall–Kier alpha value is -3.66. The van der Waals surface area contributed by atoms with Crippen LogP contribution in [-0.4, -0.2) is 32.0 Å². The van der Waals surface area contributed by atoms with Crippen molar-refractivity contribution in [3.05, 3.63) is 83.5 Å². The Morgan fingerprint density at radius 1 is 1.15 bits per heavy atom. The molecule has 5 rings (SSSR count). The van der Waals surface area contributed by atoms with E-state index in [-0.39, 0.29) is 41.8 Å². The van der Waals surface area contributed by atoms with Gasteiger partial charge in [0.25, 0.3) is 5.91 Å². The van der Waals surface area contributed by atoms with Crippen molar-refractivity contribution >= 4 is 5.91 Å². The van der Waals surface area contributed by atoms with E-state index in [1.54, 1.807) is 17.4 Å². The molecule has 1 fully saturated rings. The molecule has 0 aliphatic carbocycles. The number of benzene rings is 2. The van der Waals surface area contributed by atoms with E-state index in [0.717, 1.165) is 24.1 Å². The summed E-state index contributed by atoms with van der Waals surface area (Å²) in [6.45, 7) is 2.13. The minimum absolute atomic E-state index is 0.0142. The molecule has 2 aliphatic rings. The maximum absolute atomic E-state index is 13.1. The molecule has 2 unspecified atom stereocenters. The topological polar surface area (TPSA) is 74.5 Å². The monoisotopic (exact) mass is 469 g/mol. The maximum Gasteiger partial charge on any atom is 0.416 e. The first kappa shape index (κ1) is 22.1. The van der Waals surface area contributed by atoms with Crippen LogP contribution >= 0.6 is 0 Å². The zero-order valence-corrected chi connectivity index (χ0v) is 18.3. The van der Waals surface area contributed by atoms with Crippen molar-refractivity contribution in [2.45, 2.75) is 44.6 Å². The maximum atomic E-state index is 13.1. The molecule has 0 bridgehead atoms. The lowest BCUT2D eigenvalue weighted by Crippen LogP contribution is -2.47. The van der Waals surface area contributed by atoms with Crippen LogP contribution in [0.1, 0.15) is 42.0 Å². The summed E-state index contributed by atoms with van der Waals surface area (Å²) in [4.78, 5) is 18.8. The molecule has 0 radical (unpaired) electrons. The van der Waals surface area contributed by atoms with E-state index in [1.165, 1.54) is 22.6 Å². The quantitative estimate of drug-likeness (QED) is 0.595. The molecule has 1 saturated heterocycles. The first-order chi connectivity index (χ1) is 16.3. The van der Waals surface area contributed by atoms with Crippen molar-refractivity contribution in [3.63, 3.8) is 0 Å². The molecule has 0 saturated carbocycles. The van der Waals surface area contributed by atoms with Gasteiger partial charge in [0.2, 0.25) is 11.7 Å². The van der Waals surface area contributed by atoms with Crippen LogP contribution in [0.25, 0.3) is 11.4 Å². The SMILES string of the molecule is CCc1ccc(C2CC3C(=O)N(Cc4nc(-c5cccc(C(F)(F)F)c5)no4)C=CN3N2)cc1. The number of amides is 1. The summed E-state index contributed by atoms with van der Waals surface area (Å²) in [5.74, 6) is 0.0484. The molecule has 3 heterocycles. The highest BCUT2D eigenvalue weighted by molar-refractivity contribution is 5.84. The van der Waals surface area contributed by atoms with Gasteiger partial charge in [0, 0.05) is 18.0 Å². The van der Waals surface area contributed by atoms with Crippen LogP contribution in [0.2, 0.25) is 0 Å². The summed E-state index contributed by atoms with van der Waals surface area (Å²) in [5, 5.41) is 5.60. The van der Waals surface area contributed by atoms with Crippen LogP contribution in [0, 0.1) is 0 Å². The van der Waals surface area contributed by atoms with Gasteiger partial charge in [-0.1, -0.05) is 48.5 Å². The number of fused-ring (bicyclic) bond motifs is 1. The first-order valence-corrected chi connectivity index (χ1v) is 10.9. The normalized spacial score (nSPS) is 20.2. The number of hydrogen-bond donors (Lipinski definition) is 1. The number of nitrogens with one attached hydrogen (secondary N) is 1. The molecule has 176 valence electrons. The lowest BCUT2D eigenvalue weighted by atomic mass is 9.99. The zero-order valence-electron chi connectivity index (χ0n) is 18.3. The molecular formula is C24H22F3N5O2. The van der Waals surface area contributed by atoms with Crippen molar-refractivity contribution in [3.8, 4) is 11.4 Å². The number of alkyl halides is 3. The van der Waals surface area contributed by atoms with Gasteiger partial charge in [-0.3, -0.25) is 4.79 Å². The zero-order chi connectivity index (χ0) is 23.9. The molecule has 2 atom stereocenters. The average Bonchev–Trinajstić information content (AvgIpc) is 3.48. The molecule has 34 heavy (non-hydrogen) atoms. The predicted octanol–water partition coefficient (Wildman–Crippen LogP) is 4.45. The standard InChI is InChI=1S/C24H22F3N5O2/c1-2-15-6-8-16(9-7-15)19-13-20-23(33)31(10-11-32(20)29-19)14-21-28-22(30-34-21)17-4-3-5-18(12-17)24(25,26)27/h3-12,19-20,29H,2,13-14H2,1H3. The fraction of sp³-hybridized carbons (Fsp3) is 0.292. The highest BCUT2D eigenvalue weighted by atomic mass is 19.4. The van der Waals surface area contributed by atoms with E-state index in [0.29, 0.717) is 6.42 Å². The van der Waals surface area contributed by atoms with Crippen LogP contribution in [0.5, 0.6) is 0 Å². The molecule has 1 N–H and O–H groups in total. The summed E-state index contributed by atoms with van der Waals surface area (Å²) in [7, 11) is 0. The molecule has 1 aromatic heterocycles.